The van der Waals surface area contributed by atoms with Gasteiger partial charge in [-0.05, 0) is 29.8 Å². The van der Waals surface area contributed by atoms with Crippen LogP contribution in [0.4, 0.5) is 0 Å². The first-order valence-electron chi connectivity index (χ1n) is 8.51. The van der Waals surface area contributed by atoms with Gasteiger partial charge in [0, 0.05) is 30.8 Å². The lowest BCUT2D eigenvalue weighted by Crippen LogP contribution is -2.35. The van der Waals surface area contributed by atoms with E-state index < -0.39 is 0 Å². The molecule has 0 aliphatic carbocycles. The Morgan fingerprint density at radius 1 is 1.16 bits per heavy atom. The molecule has 0 aromatic heterocycles. The van der Waals surface area contributed by atoms with Crippen LogP contribution in [0.2, 0.25) is 0 Å². The van der Waals surface area contributed by atoms with Crippen LogP contribution in [0.1, 0.15) is 21.5 Å². The van der Waals surface area contributed by atoms with Crippen LogP contribution in [0, 0.1) is 0 Å². The Morgan fingerprint density at radius 3 is 2.64 bits per heavy atom. The summed E-state index contributed by atoms with van der Waals surface area (Å²) < 4.78 is 10.9. The molecule has 1 heterocycles. The number of benzene rings is 2. The number of ether oxygens (including phenoxy) is 2. The second-order valence-corrected chi connectivity index (χ2v) is 6.02. The first-order valence-corrected chi connectivity index (χ1v) is 8.51. The molecule has 4 heteroatoms. The zero-order chi connectivity index (χ0) is 17.5. The maximum Gasteiger partial charge on any atom is 0.185 e. The van der Waals surface area contributed by atoms with Crippen LogP contribution >= 0.6 is 0 Å². The number of morpholine rings is 1. The van der Waals surface area contributed by atoms with Crippen LogP contribution < -0.4 is 4.74 Å². The smallest absolute Gasteiger partial charge is 0.185 e. The van der Waals surface area contributed by atoms with Gasteiger partial charge >= 0.3 is 0 Å². The molecule has 1 aliphatic heterocycles. The molecule has 0 radical (unpaired) electrons. The van der Waals surface area contributed by atoms with Crippen molar-refractivity contribution in [1.82, 2.24) is 4.90 Å². The quantitative estimate of drug-likeness (QED) is 0.598. The van der Waals surface area contributed by atoms with Crippen LogP contribution in [0.25, 0.3) is 6.08 Å². The highest BCUT2D eigenvalue weighted by molar-refractivity contribution is 6.07. The first kappa shape index (κ1) is 17.4. The molecule has 1 saturated heterocycles. The number of carbonyl (C=O) groups is 1. The standard InChI is InChI=1S/C21H23NO3/c1-24-21-10-8-18(15-19(21)16-22-11-13-25-14-12-22)20(23)9-7-17-5-3-2-4-6-17/h2-10,15H,11-14,16H2,1H3/b9-7+. The van der Waals surface area contributed by atoms with E-state index in [9.17, 15) is 4.79 Å². The van der Waals surface area contributed by atoms with E-state index in [0.29, 0.717) is 5.56 Å². The van der Waals surface area contributed by atoms with Crippen LogP contribution in [-0.4, -0.2) is 44.1 Å². The van der Waals surface area contributed by atoms with Crippen molar-refractivity contribution in [1.29, 1.82) is 0 Å². The maximum atomic E-state index is 12.5. The first-order chi connectivity index (χ1) is 12.3. The lowest BCUT2D eigenvalue weighted by atomic mass is 10.0. The normalized spacial score (nSPS) is 15.4. The Labute approximate surface area is 148 Å². The highest BCUT2D eigenvalue weighted by atomic mass is 16.5. The van der Waals surface area contributed by atoms with Gasteiger partial charge in [0.1, 0.15) is 5.75 Å². The molecular formula is C21H23NO3. The van der Waals surface area contributed by atoms with E-state index >= 15 is 0 Å². The average Bonchev–Trinajstić information content (AvgIpc) is 2.67. The minimum atomic E-state index is -0.00488. The molecule has 4 nitrogen and oxygen atoms in total. The molecule has 0 amide bonds. The number of ketones is 1. The summed E-state index contributed by atoms with van der Waals surface area (Å²) >= 11 is 0. The van der Waals surface area contributed by atoms with Gasteiger partial charge < -0.3 is 9.47 Å². The maximum absolute atomic E-state index is 12.5. The van der Waals surface area contributed by atoms with Crippen LogP contribution in [0.15, 0.2) is 54.6 Å². The molecule has 3 rings (SSSR count). The number of carbonyl (C=O) groups excluding carboxylic acids is 1. The van der Waals surface area contributed by atoms with Crippen LogP contribution in [0.3, 0.4) is 0 Å². The van der Waals surface area contributed by atoms with Crippen LogP contribution in [0.5, 0.6) is 5.75 Å². The summed E-state index contributed by atoms with van der Waals surface area (Å²) in [5.41, 5.74) is 2.72. The molecule has 0 spiro atoms. The predicted molar refractivity (Wildman–Crippen MR) is 98.9 cm³/mol. The van der Waals surface area contributed by atoms with Crippen LogP contribution in [-0.2, 0) is 11.3 Å². The minimum Gasteiger partial charge on any atom is -0.496 e. The molecule has 0 saturated carbocycles. The lowest BCUT2D eigenvalue weighted by molar-refractivity contribution is 0.0338. The van der Waals surface area contributed by atoms with E-state index in [4.69, 9.17) is 9.47 Å². The van der Waals surface area contributed by atoms with Gasteiger partial charge in [0.05, 0.1) is 20.3 Å². The summed E-state index contributed by atoms with van der Waals surface area (Å²) in [6.07, 6.45) is 3.46. The van der Waals surface area contributed by atoms with Crippen molar-refractivity contribution in [2.24, 2.45) is 0 Å². The molecular weight excluding hydrogens is 314 g/mol. The highest BCUT2D eigenvalue weighted by Crippen LogP contribution is 2.23. The van der Waals surface area contributed by atoms with Crippen molar-refractivity contribution in [3.63, 3.8) is 0 Å². The molecule has 2 aromatic carbocycles. The zero-order valence-electron chi connectivity index (χ0n) is 14.5. The Kier molecular flexibility index (Phi) is 5.99. The molecule has 0 atom stereocenters. The summed E-state index contributed by atoms with van der Waals surface area (Å²) in [6.45, 7) is 4.06. The van der Waals surface area contributed by atoms with E-state index in [1.807, 2.05) is 54.6 Å². The summed E-state index contributed by atoms with van der Waals surface area (Å²) in [5, 5.41) is 0. The van der Waals surface area contributed by atoms with Gasteiger partial charge in [-0.15, -0.1) is 0 Å². The van der Waals surface area contributed by atoms with Gasteiger partial charge in [-0.2, -0.15) is 0 Å². The Balaban J connectivity index is 1.75. The Morgan fingerprint density at radius 2 is 1.92 bits per heavy atom. The predicted octanol–water partition coefficient (Wildman–Crippen LogP) is 3.42. The SMILES string of the molecule is COc1ccc(C(=O)/C=C/c2ccccc2)cc1CN1CCOCC1. The summed E-state index contributed by atoms with van der Waals surface area (Å²) in [6, 6.07) is 15.4. The van der Waals surface area contributed by atoms with Crippen molar-refractivity contribution >= 4 is 11.9 Å². The number of allylic oxidation sites excluding steroid dienone is 1. The van der Waals surface area contributed by atoms with Gasteiger partial charge in [-0.3, -0.25) is 9.69 Å². The van der Waals surface area contributed by atoms with E-state index in [2.05, 4.69) is 4.90 Å². The minimum absolute atomic E-state index is 0.00488. The fraction of sp³-hybridized carbons (Fsp3) is 0.286. The van der Waals surface area contributed by atoms with Crippen molar-refractivity contribution in [2.45, 2.75) is 6.54 Å². The summed E-state index contributed by atoms with van der Waals surface area (Å²) in [4.78, 5) is 14.8. The van der Waals surface area contributed by atoms with E-state index in [1.165, 1.54) is 0 Å². The monoisotopic (exact) mass is 337 g/mol. The number of hydrogen-bond acceptors (Lipinski definition) is 4. The number of rotatable bonds is 6. The van der Waals surface area contributed by atoms with E-state index in [1.54, 1.807) is 13.2 Å². The third-order valence-corrected chi connectivity index (χ3v) is 4.29. The summed E-state index contributed by atoms with van der Waals surface area (Å²) in [7, 11) is 1.66. The molecule has 0 bridgehead atoms. The third-order valence-electron chi connectivity index (χ3n) is 4.29. The highest BCUT2D eigenvalue weighted by Gasteiger charge is 2.15. The largest absolute Gasteiger partial charge is 0.496 e. The summed E-state index contributed by atoms with van der Waals surface area (Å²) in [5.74, 6) is 0.810. The zero-order valence-corrected chi connectivity index (χ0v) is 14.5. The molecule has 0 unspecified atom stereocenters. The fourth-order valence-electron chi connectivity index (χ4n) is 2.89. The topological polar surface area (TPSA) is 38.8 Å². The van der Waals surface area contributed by atoms with Gasteiger partial charge in [0.25, 0.3) is 0 Å². The second-order valence-electron chi connectivity index (χ2n) is 6.02. The van der Waals surface area contributed by atoms with E-state index in [0.717, 1.165) is 49.7 Å². The van der Waals surface area contributed by atoms with Gasteiger partial charge in [-0.1, -0.05) is 36.4 Å². The second kappa shape index (κ2) is 8.60. The number of nitrogens with zero attached hydrogens (tertiary/aromatic N) is 1. The van der Waals surface area contributed by atoms with Crippen molar-refractivity contribution < 1.29 is 14.3 Å². The lowest BCUT2D eigenvalue weighted by Gasteiger charge is -2.27. The third kappa shape index (κ3) is 4.78. The molecule has 1 aliphatic rings. The Hall–Kier alpha value is -2.43. The van der Waals surface area contributed by atoms with Crippen molar-refractivity contribution in [3.05, 3.63) is 71.3 Å². The molecule has 130 valence electrons. The average molecular weight is 337 g/mol. The molecule has 2 aromatic rings. The fourth-order valence-corrected chi connectivity index (χ4v) is 2.89. The molecule has 25 heavy (non-hydrogen) atoms. The van der Waals surface area contributed by atoms with Crippen molar-refractivity contribution in [2.75, 3.05) is 33.4 Å². The number of hydrogen-bond donors (Lipinski definition) is 0. The van der Waals surface area contributed by atoms with E-state index in [-0.39, 0.29) is 5.78 Å². The molecule has 1 fully saturated rings. The van der Waals surface area contributed by atoms with Gasteiger partial charge in [0.15, 0.2) is 5.78 Å². The number of methoxy groups -OCH3 is 1. The van der Waals surface area contributed by atoms with Gasteiger partial charge in [-0.25, -0.2) is 0 Å². The Bertz CT molecular complexity index is 734. The van der Waals surface area contributed by atoms with Gasteiger partial charge in [0.2, 0.25) is 0 Å². The van der Waals surface area contributed by atoms with Crippen molar-refractivity contribution in [3.8, 4) is 5.75 Å². The molecule has 0 N–H and O–H groups in total.